The lowest BCUT2D eigenvalue weighted by Gasteiger charge is -2.29. The maximum atomic E-state index is 6.33. The molecule has 2 heterocycles. The average molecular weight is 341 g/mol. The van der Waals surface area contributed by atoms with E-state index in [2.05, 4.69) is 9.97 Å². The van der Waals surface area contributed by atoms with Gasteiger partial charge in [0.25, 0.3) is 0 Å². The first kappa shape index (κ1) is 15.8. The summed E-state index contributed by atoms with van der Waals surface area (Å²) in [6.07, 6.45) is 7.25. The second-order valence-electron chi connectivity index (χ2n) is 5.32. The molecule has 0 unspecified atom stereocenters. The van der Waals surface area contributed by atoms with E-state index in [4.69, 9.17) is 32.7 Å². The van der Waals surface area contributed by atoms with Crippen molar-refractivity contribution in [2.24, 2.45) is 0 Å². The number of H-pyrrole nitrogens is 1. The molecule has 0 atom stereocenters. The Morgan fingerprint density at radius 1 is 1.18 bits per heavy atom. The molecule has 6 heteroatoms. The van der Waals surface area contributed by atoms with Gasteiger partial charge in [-0.25, -0.2) is 4.98 Å². The van der Waals surface area contributed by atoms with Crippen LogP contribution in [0.25, 0.3) is 0 Å². The Morgan fingerprint density at radius 3 is 2.68 bits per heavy atom. The second kappa shape index (κ2) is 7.01. The number of aryl methyl sites for hydroxylation is 1. The lowest BCUT2D eigenvalue weighted by atomic mass is 9.98. The van der Waals surface area contributed by atoms with E-state index in [9.17, 15) is 0 Å². The highest BCUT2D eigenvalue weighted by molar-refractivity contribution is 6.35. The summed E-state index contributed by atoms with van der Waals surface area (Å²) in [6.45, 7) is 1.16. The Morgan fingerprint density at radius 2 is 2.00 bits per heavy atom. The molecule has 1 N–H and O–H groups in total. The predicted molar refractivity (Wildman–Crippen MR) is 86.2 cm³/mol. The van der Waals surface area contributed by atoms with E-state index in [1.54, 1.807) is 12.3 Å². The van der Waals surface area contributed by atoms with Crippen LogP contribution in [0.5, 0.6) is 0 Å². The highest BCUT2D eigenvalue weighted by Crippen LogP contribution is 2.40. The number of aromatic nitrogens is 2. The van der Waals surface area contributed by atoms with Crippen molar-refractivity contribution in [3.05, 3.63) is 52.0 Å². The fourth-order valence-corrected chi connectivity index (χ4v) is 3.32. The number of unbranched alkanes of at least 4 members (excludes halogenated alkanes) is 1. The van der Waals surface area contributed by atoms with Crippen LogP contribution >= 0.6 is 23.2 Å². The van der Waals surface area contributed by atoms with Crippen LogP contribution in [0.2, 0.25) is 10.0 Å². The summed E-state index contributed by atoms with van der Waals surface area (Å²) in [5.74, 6) is 0.261. The lowest BCUT2D eigenvalue weighted by molar-refractivity contribution is -0.171. The molecule has 22 heavy (non-hydrogen) atoms. The Labute approximate surface area is 139 Å². The molecular formula is C16H18Cl2N2O2. The molecule has 118 valence electrons. The summed E-state index contributed by atoms with van der Waals surface area (Å²) < 4.78 is 11.8. The minimum atomic E-state index is -0.745. The van der Waals surface area contributed by atoms with E-state index < -0.39 is 5.79 Å². The van der Waals surface area contributed by atoms with Gasteiger partial charge in [-0.2, -0.15) is 0 Å². The van der Waals surface area contributed by atoms with Crippen LogP contribution in [0.3, 0.4) is 0 Å². The average Bonchev–Trinajstić information content (AvgIpc) is 3.16. The van der Waals surface area contributed by atoms with E-state index in [1.807, 2.05) is 18.3 Å². The van der Waals surface area contributed by atoms with Crippen LogP contribution in [0.4, 0.5) is 0 Å². The number of nitrogens with zero attached hydrogens (tertiary/aromatic N) is 1. The van der Waals surface area contributed by atoms with Gasteiger partial charge in [0.1, 0.15) is 5.82 Å². The van der Waals surface area contributed by atoms with Crippen molar-refractivity contribution in [2.75, 3.05) is 13.2 Å². The summed E-state index contributed by atoms with van der Waals surface area (Å²) >= 11 is 12.3. The van der Waals surface area contributed by atoms with E-state index in [0.29, 0.717) is 23.3 Å². The van der Waals surface area contributed by atoms with Crippen molar-refractivity contribution in [3.63, 3.8) is 0 Å². The maximum Gasteiger partial charge on any atom is 0.196 e. The van der Waals surface area contributed by atoms with Gasteiger partial charge in [-0.1, -0.05) is 29.3 Å². The summed E-state index contributed by atoms with van der Waals surface area (Å²) in [5.41, 5.74) is 0.856. The third kappa shape index (κ3) is 3.46. The Balaban J connectivity index is 1.66. The monoisotopic (exact) mass is 340 g/mol. The largest absolute Gasteiger partial charge is 0.349 e. The normalized spacial score (nSPS) is 17.0. The van der Waals surface area contributed by atoms with Crippen LogP contribution in [0.1, 0.15) is 30.7 Å². The van der Waals surface area contributed by atoms with Gasteiger partial charge < -0.3 is 14.5 Å². The van der Waals surface area contributed by atoms with Gasteiger partial charge in [0.2, 0.25) is 0 Å². The van der Waals surface area contributed by atoms with Gasteiger partial charge in [-0.3, -0.25) is 0 Å². The number of halogens is 2. The predicted octanol–water partition coefficient (Wildman–Crippen LogP) is 4.33. The van der Waals surface area contributed by atoms with Crippen LogP contribution in [-0.4, -0.2) is 23.2 Å². The minimum Gasteiger partial charge on any atom is -0.349 e. The third-order valence-corrected chi connectivity index (χ3v) is 4.37. The first-order chi connectivity index (χ1) is 10.7. The lowest BCUT2D eigenvalue weighted by Crippen LogP contribution is -2.27. The molecule has 1 aliphatic rings. The van der Waals surface area contributed by atoms with Gasteiger partial charge in [0.15, 0.2) is 5.79 Å². The molecule has 0 spiro atoms. The molecule has 3 rings (SSSR count). The van der Waals surface area contributed by atoms with Crippen LogP contribution in [0, 0.1) is 0 Å². The summed E-state index contributed by atoms with van der Waals surface area (Å²) in [7, 11) is 0. The molecule has 0 amide bonds. The quantitative estimate of drug-likeness (QED) is 0.796. The molecular weight excluding hydrogens is 323 g/mol. The van der Waals surface area contributed by atoms with Gasteiger partial charge >= 0.3 is 0 Å². The highest BCUT2D eigenvalue weighted by Gasteiger charge is 2.39. The molecule has 1 aliphatic heterocycles. The van der Waals surface area contributed by atoms with E-state index in [1.165, 1.54) is 0 Å². The number of nitrogens with one attached hydrogen (secondary N) is 1. The molecule has 0 aliphatic carbocycles. The van der Waals surface area contributed by atoms with E-state index >= 15 is 0 Å². The summed E-state index contributed by atoms with van der Waals surface area (Å²) in [4.78, 5) is 7.34. The Hall–Kier alpha value is -1.07. The number of benzene rings is 1. The zero-order chi connectivity index (χ0) is 15.4. The number of rotatable bonds is 6. The zero-order valence-electron chi connectivity index (χ0n) is 12.1. The topological polar surface area (TPSA) is 47.1 Å². The van der Waals surface area contributed by atoms with Gasteiger partial charge in [0, 0.05) is 35.8 Å². The smallest absolute Gasteiger partial charge is 0.196 e. The number of hydrogen-bond acceptors (Lipinski definition) is 3. The number of hydrogen-bond donors (Lipinski definition) is 1. The van der Waals surface area contributed by atoms with Gasteiger partial charge in [-0.15, -0.1) is 0 Å². The SMILES string of the molecule is Clc1ccc(C2(CCCCc3ncc[nH]3)OCCO2)c(Cl)c1. The number of ether oxygens (including phenoxy) is 2. The van der Waals surface area contributed by atoms with Crippen LogP contribution in [0.15, 0.2) is 30.6 Å². The standard InChI is InChI=1S/C16H18Cl2N2O2/c17-12-4-5-13(14(18)11-12)16(21-9-10-22-16)6-2-1-3-15-19-7-8-20-15/h4-5,7-8,11H,1-3,6,9-10H2,(H,19,20). The molecule has 1 aromatic carbocycles. The first-order valence-corrected chi connectivity index (χ1v) is 8.17. The van der Waals surface area contributed by atoms with Crippen LogP contribution in [-0.2, 0) is 21.7 Å². The molecule has 0 saturated carbocycles. The van der Waals surface area contributed by atoms with Gasteiger partial charge in [-0.05, 0) is 25.0 Å². The summed E-state index contributed by atoms with van der Waals surface area (Å²) in [5, 5.41) is 1.19. The van der Waals surface area contributed by atoms with Crippen molar-refractivity contribution >= 4 is 23.2 Å². The fraction of sp³-hybridized carbons (Fsp3) is 0.438. The van der Waals surface area contributed by atoms with Gasteiger partial charge in [0.05, 0.1) is 18.2 Å². The number of aromatic amines is 1. The van der Waals surface area contributed by atoms with Crippen molar-refractivity contribution in [1.82, 2.24) is 9.97 Å². The van der Waals surface area contributed by atoms with Crippen molar-refractivity contribution < 1.29 is 9.47 Å². The second-order valence-corrected chi connectivity index (χ2v) is 6.16. The molecule has 2 aromatic rings. The fourth-order valence-electron chi connectivity index (χ4n) is 2.77. The Bertz CT molecular complexity index is 611. The highest BCUT2D eigenvalue weighted by atomic mass is 35.5. The molecule has 0 radical (unpaired) electrons. The molecule has 1 aromatic heterocycles. The third-order valence-electron chi connectivity index (χ3n) is 3.82. The van der Waals surface area contributed by atoms with Crippen molar-refractivity contribution in [2.45, 2.75) is 31.5 Å². The summed E-state index contributed by atoms with van der Waals surface area (Å²) in [6, 6.07) is 5.44. The van der Waals surface area contributed by atoms with Crippen LogP contribution < -0.4 is 0 Å². The molecule has 0 bridgehead atoms. The maximum absolute atomic E-state index is 6.33. The molecule has 1 fully saturated rings. The van der Waals surface area contributed by atoms with Crippen molar-refractivity contribution in [1.29, 1.82) is 0 Å². The molecule has 4 nitrogen and oxygen atoms in total. The van der Waals surface area contributed by atoms with E-state index in [0.717, 1.165) is 37.1 Å². The van der Waals surface area contributed by atoms with Crippen molar-refractivity contribution in [3.8, 4) is 0 Å². The number of imidazole rings is 1. The first-order valence-electron chi connectivity index (χ1n) is 7.41. The van der Waals surface area contributed by atoms with E-state index in [-0.39, 0.29) is 0 Å². The Kier molecular flexibility index (Phi) is 5.03. The molecule has 1 saturated heterocycles. The minimum absolute atomic E-state index is 0.580. The zero-order valence-corrected chi connectivity index (χ0v) is 13.7.